The zero-order valence-corrected chi connectivity index (χ0v) is 10.6. The van der Waals surface area contributed by atoms with Crippen molar-refractivity contribution in [2.24, 2.45) is 0 Å². The number of para-hydroxylation sites is 1. The van der Waals surface area contributed by atoms with Crippen LogP contribution in [0.15, 0.2) is 30.9 Å². The van der Waals surface area contributed by atoms with Gasteiger partial charge in [-0.15, -0.1) is 6.58 Å². The van der Waals surface area contributed by atoms with Gasteiger partial charge in [0.2, 0.25) is 0 Å². The van der Waals surface area contributed by atoms with Gasteiger partial charge < -0.3 is 5.32 Å². The third kappa shape index (κ3) is 4.11. The lowest BCUT2D eigenvalue weighted by atomic mass is 10.1. The highest BCUT2D eigenvalue weighted by molar-refractivity contribution is 7.99. The molecule has 0 aromatic heterocycles. The van der Waals surface area contributed by atoms with E-state index in [2.05, 4.69) is 11.9 Å². The number of nitro benzene ring substituents is 1. The lowest BCUT2D eigenvalue weighted by molar-refractivity contribution is -0.384. The fourth-order valence-electron chi connectivity index (χ4n) is 1.45. The van der Waals surface area contributed by atoms with Gasteiger partial charge in [-0.2, -0.15) is 11.8 Å². The minimum atomic E-state index is -0.355. The van der Waals surface area contributed by atoms with Crippen molar-refractivity contribution in [2.45, 2.75) is 6.92 Å². The van der Waals surface area contributed by atoms with Crippen LogP contribution in [0.3, 0.4) is 0 Å². The number of nitrogens with one attached hydrogen (secondary N) is 1. The molecule has 1 N–H and O–H groups in total. The average molecular weight is 252 g/mol. The lowest BCUT2D eigenvalue weighted by Gasteiger charge is -2.09. The van der Waals surface area contributed by atoms with E-state index in [0.717, 1.165) is 17.1 Å². The summed E-state index contributed by atoms with van der Waals surface area (Å²) in [7, 11) is 0. The van der Waals surface area contributed by atoms with E-state index >= 15 is 0 Å². The van der Waals surface area contributed by atoms with E-state index in [-0.39, 0.29) is 10.6 Å². The lowest BCUT2D eigenvalue weighted by Crippen LogP contribution is -2.07. The average Bonchev–Trinajstić information content (AvgIpc) is 2.30. The fourth-order valence-corrected chi connectivity index (χ4v) is 2.03. The van der Waals surface area contributed by atoms with Crippen molar-refractivity contribution in [2.75, 3.05) is 23.4 Å². The Balaban J connectivity index is 2.62. The van der Waals surface area contributed by atoms with Gasteiger partial charge in [-0.05, 0) is 12.5 Å². The Morgan fingerprint density at radius 1 is 1.59 bits per heavy atom. The Hall–Kier alpha value is -1.49. The van der Waals surface area contributed by atoms with Crippen molar-refractivity contribution in [3.63, 3.8) is 0 Å². The summed E-state index contributed by atoms with van der Waals surface area (Å²) >= 11 is 1.74. The minimum Gasteiger partial charge on any atom is -0.378 e. The molecular weight excluding hydrogens is 236 g/mol. The monoisotopic (exact) mass is 252 g/mol. The topological polar surface area (TPSA) is 55.2 Å². The number of nitrogens with zero attached hydrogens (tertiary/aromatic N) is 1. The van der Waals surface area contributed by atoms with Crippen molar-refractivity contribution in [3.05, 3.63) is 46.5 Å². The van der Waals surface area contributed by atoms with Crippen LogP contribution in [0.4, 0.5) is 11.4 Å². The van der Waals surface area contributed by atoms with Crippen LogP contribution in [0.1, 0.15) is 5.56 Å². The van der Waals surface area contributed by atoms with Gasteiger partial charge in [-0.1, -0.05) is 18.2 Å². The van der Waals surface area contributed by atoms with Crippen LogP contribution in [-0.2, 0) is 0 Å². The summed E-state index contributed by atoms with van der Waals surface area (Å²) in [6, 6.07) is 5.09. The van der Waals surface area contributed by atoms with Crippen LogP contribution in [-0.4, -0.2) is 23.0 Å². The first-order chi connectivity index (χ1) is 8.16. The first kappa shape index (κ1) is 13.6. The Kier molecular flexibility index (Phi) is 5.56. The molecule has 4 nitrogen and oxygen atoms in total. The maximum atomic E-state index is 10.9. The van der Waals surface area contributed by atoms with Crippen LogP contribution >= 0.6 is 11.8 Å². The summed E-state index contributed by atoms with van der Waals surface area (Å²) < 4.78 is 0. The van der Waals surface area contributed by atoms with Gasteiger partial charge >= 0.3 is 0 Å². The summed E-state index contributed by atoms with van der Waals surface area (Å²) in [5, 5.41) is 14.0. The van der Waals surface area contributed by atoms with E-state index < -0.39 is 0 Å². The van der Waals surface area contributed by atoms with Crippen LogP contribution in [0.5, 0.6) is 0 Å². The summed E-state index contributed by atoms with van der Waals surface area (Å²) in [5.74, 6) is 1.80. The second-order valence-corrected chi connectivity index (χ2v) is 4.67. The highest BCUT2D eigenvalue weighted by Crippen LogP contribution is 2.27. The van der Waals surface area contributed by atoms with Crippen LogP contribution in [0, 0.1) is 17.0 Å². The Bertz CT molecular complexity index is 407. The van der Waals surface area contributed by atoms with E-state index in [4.69, 9.17) is 0 Å². The molecule has 1 aromatic carbocycles. The van der Waals surface area contributed by atoms with E-state index in [0.29, 0.717) is 12.2 Å². The number of nitro groups is 1. The fraction of sp³-hybridized carbons (Fsp3) is 0.333. The number of rotatable bonds is 7. The molecule has 0 aliphatic carbocycles. The molecule has 1 aromatic rings. The smallest absolute Gasteiger partial charge is 0.292 e. The van der Waals surface area contributed by atoms with Crippen molar-refractivity contribution < 1.29 is 4.92 Å². The third-order valence-electron chi connectivity index (χ3n) is 2.23. The second-order valence-electron chi connectivity index (χ2n) is 3.52. The van der Waals surface area contributed by atoms with E-state index in [1.807, 2.05) is 19.1 Å². The molecule has 0 atom stereocenters. The van der Waals surface area contributed by atoms with Crippen LogP contribution < -0.4 is 5.32 Å². The number of aryl methyl sites for hydroxylation is 1. The molecule has 1 rings (SSSR count). The highest BCUT2D eigenvalue weighted by Gasteiger charge is 2.14. The van der Waals surface area contributed by atoms with E-state index in [9.17, 15) is 10.1 Å². The zero-order chi connectivity index (χ0) is 12.7. The summed E-state index contributed by atoms with van der Waals surface area (Å²) in [6.07, 6.45) is 1.85. The molecule has 17 heavy (non-hydrogen) atoms. The van der Waals surface area contributed by atoms with Gasteiger partial charge in [0.15, 0.2) is 0 Å². The molecule has 0 amide bonds. The van der Waals surface area contributed by atoms with Gasteiger partial charge in [0.25, 0.3) is 5.69 Å². The zero-order valence-electron chi connectivity index (χ0n) is 9.81. The maximum absolute atomic E-state index is 10.9. The summed E-state index contributed by atoms with van der Waals surface area (Å²) in [6.45, 7) is 6.22. The molecule has 0 unspecified atom stereocenters. The molecule has 92 valence electrons. The van der Waals surface area contributed by atoms with Gasteiger partial charge in [0, 0.05) is 24.1 Å². The van der Waals surface area contributed by atoms with Crippen molar-refractivity contribution in [3.8, 4) is 0 Å². The normalized spacial score (nSPS) is 9.94. The van der Waals surface area contributed by atoms with Crippen LogP contribution in [0.2, 0.25) is 0 Å². The third-order valence-corrected chi connectivity index (χ3v) is 3.20. The van der Waals surface area contributed by atoms with Gasteiger partial charge in [0.05, 0.1) is 4.92 Å². The molecule has 0 radical (unpaired) electrons. The highest BCUT2D eigenvalue weighted by atomic mass is 32.2. The molecule has 0 aliphatic heterocycles. The molecule has 0 saturated heterocycles. The van der Waals surface area contributed by atoms with Gasteiger partial charge in [-0.25, -0.2) is 0 Å². The summed E-state index contributed by atoms with van der Waals surface area (Å²) in [5.41, 5.74) is 1.66. The number of hydrogen-bond donors (Lipinski definition) is 1. The maximum Gasteiger partial charge on any atom is 0.292 e. The first-order valence-electron chi connectivity index (χ1n) is 5.33. The van der Waals surface area contributed by atoms with Crippen LogP contribution in [0.25, 0.3) is 0 Å². The first-order valence-corrected chi connectivity index (χ1v) is 6.48. The quantitative estimate of drug-likeness (QED) is 0.350. The standard InChI is InChI=1S/C12H16N2O2S/c1-3-8-17-9-7-13-12-10(2)5-4-6-11(12)14(15)16/h3-6,13H,1,7-9H2,2H3. The summed E-state index contributed by atoms with van der Waals surface area (Å²) in [4.78, 5) is 10.5. The molecule has 5 heteroatoms. The Morgan fingerprint density at radius 3 is 3.00 bits per heavy atom. The largest absolute Gasteiger partial charge is 0.378 e. The predicted octanol–water partition coefficient (Wildman–Crippen LogP) is 3.23. The van der Waals surface area contributed by atoms with Gasteiger partial charge in [-0.3, -0.25) is 10.1 Å². The SMILES string of the molecule is C=CCSCCNc1c(C)cccc1[N+](=O)[O-]. The van der Waals surface area contributed by atoms with E-state index in [1.54, 1.807) is 17.8 Å². The number of anilines is 1. The number of hydrogen-bond acceptors (Lipinski definition) is 4. The Morgan fingerprint density at radius 2 is 2.35 bits per heavy atom. The van der Waals surface area contributed by atoms with Crippen molar-refractivity contribution in [1.82, 2.24) is 0 Å². The molecule has 0 saturated carbocycles. The van der Waals surface area contributed by atoms with Crippen molar-refractivity contribution in [1.29, 1.82) is 0 Å². The van der Waals surface area contributed by atoms with E-state index in [1.165, 1.54) is 6.07 Å². The molecule has 0 heterocycles. The molecular formula is C12H16N2O2S. The molecule has 0 bridgehead atoms. The second kappa shape index (κ2) is 6.96. The van der Waals surface area contributed by atoms with Crippen molar-refractivity contribution >= 4 is 23.1 Å². The molecule has 0 fully saturated rings. The number of benzene rings is 1. The van der Waals surface area contributed by atoms with Gasteiger partial charge in [0.1, 0.15) is 5.69 Å². The minimum absolute atomic E-state index is 0.138. The predicted molar refractivity (Wildman–Crippen MR) is 73.8 cm³/mol. The molecule has 0 aliphatic rings. The molecule has 0 spiro atoms. The Labute approximate surface area is 105 Å². The number of thioether (sulfide) groups is 1.